The molecule has 2 rings (SSSR count). The number of phenols is 2. The van der Waals surface area contributed by atoms with Crippen LogP contribution in [-0.4, -0.2) is 39.5 Å². The first kappa shape index (κ1) is 14.0. The van der Waals surface area contributed by atoms with Gasteiger partial charge < -0.3 is 15.1 Å². The third kappa shape index (κ3) is 3.32. The van der Waals surface area contributed by atoms with Gasteiger partial charge in [-0.25, -0.2) is 0 Å². The third-order valence-electron chi connectivity index (χ3n) is 3.46. The third-order valence-corrected chi connectivity index (χ3v) is 3.73. The lowest BCUT2D eigenvalue weighted by Crippen LogP contribution is -2.44. The number of benzene rings is 1. The van der Waals surface area contributed by atoms with Gasteiger partial charge in [-0.1, -0.05) is 0 Å². The summed E-state index contributed by atoms with van der Waals surface area (Å²) in [4.78, 5) is 14.3. The second-order valence-corrected chi connectivity index (χ2v) is 5.24. The minimum absolute atomic E-state index is 0.103. The van der Waals surface area contributed by atoms with Gasteiger partial charge in [0.2, 0.25) is 0 Å². The van der Waals surface area contributed by atoms with Crippen molar-refractivity contribution in [3.63, 3.8) is 0 Å². The molecule has 19 heavy (non-hydrogen) atoms. The van der Waals surface area contributed by atoms with E-state index >= 15 is 0 Å². The number of carbonyl (C=O) groups excluding carboxylic acids is 1. The first-order valence-electron chi connectivity index (χ1n) is 6.52. The number of hydrogen-bond acceptors (Lipinski definition) is 3. The Morgan fingerprint density at radius 2 is 1.89 bits per heavy atom. The summed E-state index contributed by atoms with van der Waals surface area (Å²) in [6.45, 7) is 0.615. The number of amides is 1. The molecular formula is C14H18ClNO3. The van der Waals surface area contributed by atoms with Crippen LogP contribution in [0, 0.1) is 0 Å². The van der Waals surface area contributed by atoms with Crippen LogP contribution in [0.4, 0.5) is 0 Å². The van der Waals surface area contributed by atoms with E-state index in [1.165, 1.54) is 18.2 Å². The number of hydrogen-bond donors (Lipinski definition) is 2. The second-order valence-electron chi connectivity index (χ2n) is 4.86. The summed E-state index contributed by atoms with van der Waals surface area (Å²) in [6.07, 6.45) is 3.91. The monoisotopic (exact) mass is 283 g/mol. The van der Waals surface area contributed by atoms with Crippen molar-refractivity contribution >= 4 is 17.5 Å². The van der Waals surface area contributed by atoms with E-state index in [4.69, 9.17) is 11.6 Å². The van der Waals surface area contributed by atoms with Crippen molar-refractivity contribution in [2.75, 3.05) is 12.4 Å². The largest absolute Gasteiger partial charge is 0.508 e. The summed E-state index contributed by atoms with van der Waals surface area (Å²) < 4.78 is 0. The predicted molar refractivity (Wildman–Crippen MR) is 73.8 cm³/mol. The predicted octanol–water partition coefficient (Wildman–Crippen LogP) is 2.72. The lowest BCUT2D eigenvalue weighted by atomic mass is 9.90. The zero-order valence-corrected chi connectivity index (χ0v) is 11.4. The average molecular weight is 284 g/mol. The zero-order valence-electron chi connectivity index (χ0n) is 10.7. The van der Waals surface area contributed by atoms with Crippen LogP contribution >= 0.6 is 11.6 Å². The van der Waals surface area contributed by atoms with Gasteiger partial charge in [-0.2, -0.15) is 0 Å². The van der Waals surface area contributed by atoms with Crippen molar-refractivity contribution in [1.82, 2.24) is 4.90 Å². The number of rotatable bonds is 5. The number of alkyl halides is 1. The quantitative estimate of drug-likeness (QED) is 0.817. The highest BCUT2D eigenvalue weighted by Crippen LogP contribution is 2.28. The van der Waals surface area contributed by atoms with Gasteiger partial charge in [0.05, 0.1) is 0 Å². The SMILES string of the molecule is O=C(c1cc(O)cc(O)c1)N(CCCCl)C1CCC1. The van der Waals surface area contributed by atoms with E-state index in [0.29, 0.717) is 18.0 Å². The molecule has 0 atom stereocenters. The number of halogens is 1. The highest BCUT2D eigenvalue weighted by Gasteiger charge is 2.29. The van der Waals surface area contributed by atoms with Crippen LogP contribution in [-0.2, 0) is 0 Å². The Hall–Kier alpha value is -1.42. The molecule has 1 aliphatic rings. The second kappa shape index (κ2) is 6.15. The van der Waals surface area contributed by atoms with E-state index < -0.39 is 0 Å². The number of carbonyl (C=O) groups is 1. The first-order chi connectivity index (χ1) is 9.11. The average Bonchev–Trinajstić information content (AvgIpc) is 2.29. The van der Waals surface area contributed by atoms with E-state index in [9.17, 15) is 15.0 Å². The van der Waals surface area contributed by atoms with Crippen molar-refractivity contribution in [3.05, 3.63) is 23.8 Å². The van der Waals surface area contributed by atoms with Crippen LogP contribution in [0.15, 0.2) is 18.2 Å². The summed E-state index contributed by atoms with van der Waals surface area (Å²) in [6, 6.07) is 4.24. The molecule has 1 fully saturated rings. The molecule has 1 aliphatic carbocycles. The molecule has 0 spiro atoms. The van der Waals surface area contributed by atoms with Crippen molar-refractivity contribution in [3.8, 4) is 11.5 Å². The number of aromatic hydroxyl groups is 2. The summed E-state index contributed by atoms with van der Waals surface area (Å²) in [5.41, 5.74) is 0.318. The molecule has 1 aromatic rings. The highest BCUT2D eigenvalue weighted by atomic mass is 35.5. The number of nitrogens with zero attached hydrogens (tertiary/aromatic N) is 1. The smallest absolute Gasteiger partial charge is 0.254 e. The van der Waals surface area contributed by atoms with Gasteiger partial charge in [-0.05, 0) is 37.8 Å². The summed E-state index contributed by atoms with van der Waals surface area (Å²) >= 11 is 5.69. The minimum atomic E-state index is -0.152. The van der Waals surface area contributed by atoms with Crippen LogP contribution < -0.4 is 0 Å². The van der Waals surface area contributed by atoms with E-state index in [1.54, 1.807) is 4.90 Å². The van der Waals surface area contributed by atoms with Crippen LogP contribution in [0.1, 0.15) is 36.0 Å². The van der Waals surface area contributed by atoms with Gasteiger partial charge in [-0.3, -0.25) is 4.79 Å². The van der Waals surface area contributed by atoms with Crippen molar-refractivity contribution < 1.29 is 15.0 Å². The molecule has 0 heterocycles. The molecular weight excluding hydrogens is 266 g/mol. The molecule has 0 aromatic heterocycles. The van der Waals surface area contributed by atoms with E-state index in [0.717, 1.165) is 25.7 Å². The molecule has 1 saturated carbocycles. The zero-order chi connectivity index (χ0) is 13.8. The molecule has 104 valence electrons. The normalized spacial score (nSPS) is 15.0. The molecule has 0 radical (unpaired) electrons. The topological polar surface area (TPSA) is 60.8 Å². The van der Waals surface area contributed by atoms with Crippen LogP contribution in [0.25, 0.3) is 0 Å². The molecule has 0 unspecified atom stereocenters. The van der Waals surface area contributed by atoms with E-state index in [2.05, 4.69) is 0 Å². The molecule has 5 heteroatoms. The highest BCUT2D eigenvalue weighted by molar-refractivity contribution is 6.17. The first-order valence-corrected chi connectivity index (χ1v) is 7.05. The Kier molecular flexibility index (Phi) is 4.53. The molecule has 0 bridgehead atoms. The Labute approximate surface area is 117 Å². The van der Waals surface area contributed by atoms with Crippen molar-refractivity contribution in [2.24, 2.45) is 0 Å². The van der Waals surface area contributed by atoms with Crippen LogP contribution in [0.2, 0.25) is 0 Å². The van der Waals surface area contributed by atoms with E-state index in [-0.39, 0.29) is 23.4 Å². The lowest BCUT2D eigenvalue weighted by Gasteiger charge is -2.37. The summed E-state index contributed by atoms with van der Waals surface area (Å²) in [5.74, 6) is 0.159. The van der Waals surface area contributed by atoms with Crippen LogP contribution in [0.3, 0.4) is 0 Å². The van der Waals surface area contributed by atoms with Gasteiger partial charge in [0.1, 0.15) is 11.5 Å². The van der Waals surface area contributed by atoms with Gasteiger partial charge in [0.25, 0.3) is 5.91 Å². The minimum Gasteiger partial charge on any atom is -0.508 e. The molecule has 0 saturated heterocycles. The fourth-order valence-electron chi connectivity index (χ4n) is 2.26. The molecule has 0 aliphatic heterocycles. The van der Waals surface area contributed by atoms with Crippen molar-refractivity contribution in [1.29, 1.82) is 0 Å². The fourth-order valence-corrected chi connectivity index (χ4v) is 2.38. The summed E-state index contributed by atoms with van der Waals surface area (Å²) in [7, 11) is 0. The molecule has 1 aromatic carbocycles. The standard InChI is InChI=1S/C14H18ClNO3/c15-5-2-6-16(11-3-1-4-11)14(19)10-7-12(17)9-13(18)8-10/h7-9,11,17-18H,1-6H2. The summed E-state index contributed by atoms with van der Waals surface area (Å²) in [5, 5.41) is 18.9. The van der Waals surface area contributed by atoms with Gasteiger partial charge in [0.15, 0.2) is 0 Å². The van der Waals surface area contributed by atoms with Gasteiger partial charge >= 0.3 is 0 Å². The lowest BCUT2D eigenvalue weighted by molar-refractivity contribution is 0.0580. The Morgan fingerprint density at radius 1 is 1.26 bits per heavy atom. The maximum absolute atomic E-state index is 12.5. The number of phenolic OH excluding ortho intramolecular Hbond substituents is 2. The maximum atomic E-state index is 12.5. The van der Waals surface area contributed by atoms with Crippen molar-refractivity contribution in [2.45, 2.75) is 31.7 Å². The Bertz CT molecular complexity index is 440. The fraction of sp³-hybridized carbons (Fsp3) is 0.500. The van der Waals surface area contributed by atoms with E-state index in [1.807, 2.05) is 0 Å². The Balaban J connectivity index is 2.17. The van der Waals surface area contributed by atoms with Gasteiger partial charge in [0, 0.05) is 30.1 Å². The molecule has 2 N–H and O–H groups in total. The Morgan fingerprint density at radius 3 is 2.37 bits per heavy atom. The molecule has 1 amide bonds. The molecule has 4 nitrogen and oxygen atoms in total. The van der Waals surface area contributed by atoms with Gasteiger partial charge in [-0.15, -0.1) is 11.6 Å². The maximum Gasteiger partial charge on any atom is 0.254 e. The van der Waals surface area contributed by atoms with Crippen LogP contribution in [0.5, 0.6) is 11.5 Å².